The summed E-state index contributed by atoms with van der Waals surface area (Å²) in [6, 6.07) is 5.57. The minimum atomic E-state index is -3.81. The highest BCUT2D eigenvalue weighted by Gasteiger charge is 2.23. The van der Waals surface area contributed by atoms with Crippen molar-refractivity contribution in [1.82, 2.24) is 9.62 Å². The Morgan fingerprint density at radius 1 is 1.32 bits per heavy atom. The van der Waals surface area contributed by atoms with Crippen LogP contribution in [0, 0.1) is 5.92 Å². The van der Waals surface area contributed by atoms with Crippen LogP contribution in [0.15, 0.2) is 29.2 Å². The highest BCUT2D eigenvalue weighted by molar-refractivity contribution is 7.89. The molecule has 1 amide bonds. The summed E-state index contributed by atoms with van der Waals surface area (Å²) in [7, 11) is -2.54. The van der Waals surface area contributed by atoms with E-state index in [1.807, 2.05) is 0 Å². The monoisotopic (exact) mass is 348 g/mol. The van der Waals surface area contributed by atoms with Crippen LogP contribution in [0.4, 0.5) is 0 Å². The lowest BCUT2D eigenvalue weighted by Gasteiger charge is -2.17. The van der Waals surface area contributed by atoms with Gasteiger partial charge in [-0.05, 0) is 24.3 Å². The number of sulfonamides is 1. The lowest BCUT2D eigenvalue weighted by atomic mass is 10.2. The van der Waals surface area contributed by atoms with Crippen molar-refractivity contribution >= 4 is 33.5 Å². The minimum Gasteiger partial charge on any atom is -0.481 e. The van der Waals surface area contributed by atoms with E-state index < -0.39 is 34.4 Å². The molecule has 0 aliphatic rings. The van der Waals surface area contributed by atoms with Gasteiger partial charge in [0, 0.05) is 18.6 Å². The molecular formula is C13H17ClN2O5S. The predicted octanol–water partition coefficient (Wildman–Crippen LogP) is 0.797. The van der Waals surface area contributed by atoms with Gasteiger partial charge in [0.1, 0.15) is 0 Å². The molecule has 9 heteroatoms. The van der Waals surface area contributed by atoms with Crippen molar-refractivity contribution < 1.29 is 23.1 Å². The Balaban J connectivity index is 2.67. The summed E-state index contributed by atoms with van der Waals surface area (Å²) in [5.41, 5.74) is 0. The molecular weight excluding hydrogens is 332 g/mol. The smallest absolute Gasteiger partial charge is 0.308 e. The Labute approximate surface area is 133 Å². The van der Waals surface area contributed by atoms with Gasteiger partial charge in [0.25, 0.3) is 0 Å². The number of aliphatic carboxylic acids is 1. The third-order valence-electron chi connectivity index (χ3n) is 2.92. The Morgan fingerprint density at radius 2 is 1.86 bits per heavy atom. The maximum atomic E-state index is 12.2. The van der Waals surface area contributed by atoms with E-state index in [4.69, 9.17) is 16.7 Å². The van der Waals surface area contributed by atoms with E-state index in [0.29, 0.717) is 5.02 Å². The van der Waals surface area contributed by atoms with Crippen LogP contribution in [0.3, 0.4) is 0 Å². The second-order valence-electron chi connectivity index (χ2n) is 4.76. The first kappa shape index (κ1) is 18.4. The van der Waals surface area contributed by atoms with Crippen LogP contribution in [-0.2, 0) is 19.6 Å². The molecule has 22 heavy (non-hydrogen) atoms. The van der Waals surface area contributed by atoms with Crippen LogP contribution in [0.25, 0.3) is 0 Å². The van der Waals surface area contributed by atoms with E-state index in [-0.39, 0.29) is 11.4 Å². The molecule has 0 aromatic heterocycles. The first-order chi connectivity index (χ1) is 10.1. The molecule has 1 aromatic rings. The zero-order valence-corrected chi connectivity index (χ0v) is 13.7. The number of hydrogen-bond donors (Lipinski definition) is 2. The van der Waals surface area contributed by atoms with Crippen molar-refractivity contribution in [3.05, 3.63) is 29.3 Å². The molecule has 0 aliphatic carbocycles. The van der Waals surface area contributed by atoms with Crippen LogP contribution in [0.1, 0.15) is 6.92 Å². The number of halogens is 1. The SMILES string of the molecule is CC(CNC(=O)CN(C)S(=O)(=O)c1ccc(Cl)cc1)C(=O)O. The fraction of sp³-hybridized carbons (Fsp3) is 0.385. The second-order valence-corrected chi connectivity index (χ2v) is 7.24. The van der Waals surface area contributed by atoms with Crippen molar-refractivity contribution in [3.8, 4) is 0 Å². The molecule has 0 heterocycles. The lowest BCUT2D eigenvalue weighted by molar-refractivity contribution is -0.141. The third kappa shape index (κ3) is 4.97. The van der Waals surface area contributed by atoms with Crippen molar-refractivity contribution in [3.63, 3.8) is 0 Å². The third-order valence-corrected chi connectivity index (χ3v) is 4.98. The molecule has 7 nitrogen and oxygen atoms in total. The number of rotatable bonds is 7. The summed E-state index contributed by atoms with van der Waals surface area (Å²) in [5, 5.41) is 11.5. The molecule has 0 bridgehead atoms. The number of carboxylic acid groups (broad SMARTS) is 1. The molecule has 1 rings (SSSR count). The normalized spacial score (nSPS) is 12.9. The highest BCUT2D eigenvalue weighted by atomic mass is 35.5. The molecule has 1 atom stereocenters. The van der Waals surface area contributed by atoms with Crippen molar-refractivity contribution in [2.24, 2.45) is 5.92 Å². The van der Waals surface area contributed by atoms with Crippen molar-refractivity contribution in [2.45, 2.75) is 11.8 Å². The van der Waals surface area contributed by atoms with Gasteiger partial charge in [-0.25, -0.2) is 8.42 Å². The minimum absolute atomic E-state index is 0.0195. The van der Waals surface area contributed by atoms with Gasteiger partial charge in [-0.3, -0.25) is 9.59 Å². The molecule has 1 unspecified atom stereocenters. The Bertz CT molecular complexity index is 645. The molecule has 0 aliphatic heterocycles. The Morgan fingerprint density at radius 3 is 2.36 bits per heavy atom. The average molecular weight is 349 g/mol. The Hall–Kier alpha value is -1.64. The van der Waals surface area contributed by atoms with E-state index in [1.54, 1.807) is 0 Å². The lowest BCUT2D eigenvalue weighted by Crippen LogP contribution is -2.40. The average Bonchev–Trinajstić information content (AvgIpc) is 2.44. The Kier molecular flexibility index (Phi) is 6.34. The number of likely N-dealkylation sites (N-methyl/N-ethyl adjacent to an activating group) is 1. The summed E-state index contributed by atoms with van der Waals surface area (Å²) in [4.78, 5) is 22.3. The first-order valence-corrected chi connectivity index (χ1v) is 8.18. The fourth-order valence-electron chi connectivity index (χ4n) is 1.48. The van der Waals surface area contributed by atoms with Gasteiger partial charge >= 0.3 is 5.97 Å². The molecule has 0 radical (unpaired) electrons. The van der Waals surface area contributed by atoms with Gasteiger partial charge in [0.2, 0.25) is 15.9 Å². The van der Waals surface area contributed by atoms with Crippen LogP contribution < -0.4 is 5.32 Å². The van der Waals surface area contributed by atoms with E-state index in [1.165, 1.54) is 38.2 Å². The van der Waals surface area contributed by atoms with Gasteiger partial charge < -0.3 is 10.4 Å². The van der Waals surface area contributed by atoms with Crippen LogP contribution in [0.2, 0.25) is 5.02 Å². The largest absolute Gasteiger partial charge is 0.481 e. The van der Waals surface area contributed by atoms with Gasteiger partial charge in [0.15, 0.2) is 0 Å². The molecule has 2 N–H and O–H groups in total. The zero-order valence-electron chi connectivity index (χ0n) is 12.1. The predicted molar refractivity (Wildman–Crippen MR) is 81.1 cm³/mol. The van der Waals surface area contributed by atoms with E-state index in [9.17, 15) is 18.0 Å². The number of carbonyl (C=O) groups excluding carboxylic acids is 1. The maximum absolute atomic E-state index is 12.2. The summed E-state index contributed by atoms with van der Waals surface area (Å²) in [6.07, 6.45) is 0. The number of benzene rings is 1. The molecule has 0 saturated carbocycles. The molecule has 122 valence electrons. The summed E-state index contributed by atoms with van der Waals surface area (Å²) in [6.45, 7) is 0.969. The topological polar surface area (TPSA) is 104 Å². The van der Waals surface area contributed by atoms with E-state index >= 15 is 0 Å². The summed E-state index contributed by atoms with van der Waals surface area (Å²) in [5.74, 6) is -2.36. The zero-order chi connectivity index (χ0) is 16.9. The number of carbonyl (C=O) groups is 2. The number of nitrogens with one attached hydrogen (secondary N) is 1. The van der Waals surface area contributed by atoms with Gasteiger partial charge in [-0.1, -0.05) is 18.5 Å². The summed E-state index contributed by atoms with van der Waals surface area (Å²) < 4.78 is 25.4. The van der Waals surface area contributed by atoms with Crippen LogP contribution in [-0.4, -0.2) is 49.8 Å². The van der Waals surface area contributed by atoms with Gasteiger partial charge in [0.05, 0.1) is 17.4 Å². The molecule has 0 spiro atoms. The molecule has 0 fully saturated rings. The van der Waals surface area contributed by atoms with Crippen LogP contribution in [0.5, 0.6) is 0 Å². The van der Waals surface area contributed by atoms with E-state index in [0.717, 1.165) is 4.31 Å². The number of amides is 1. The highest BCUT2D eigenvalue weighted by Crippen LogP contribution is 2.17. The maximum Gasteiger partial charge on any atom is 0.308 e. The number of hydrogen-bond acceptors (Lipinski definition) is 4. The summed E-state index contributed by atoms with van der Waals surface area (Å²) >= 11 is 5.70. The fourth-order valence-corrected chi connectivity index (χ4v) is 2.74. The van der Waals surface area contributed by atoms with E-state index in [2.05, 4.69) is 5.32 Å². The van der Waals surface area contributed by atoms with Crippen LogP contribution >= 0.6 is 11.6 Å². The van der Waals surface area contributed by atoms with Crippen molar-refractivity contribution in [2.75, 3.05) is 20.1 Å². The number of nitrogens with zero attached hydrogens (tertiary/aromatic N) is 1. The van der Waals surface area contributed by atoms with Gasteiger partial charge in [-0.2, -0.15) is 4.31 Å². The second kappa shape index (κ2) is 7.57. The number of carboxylic acids is 1. The van der Waals surface area contributed by atoms with Gasteiger partial charge in [-0.15, -0.1) is 0 Å². The molecule has 1 aromatic carbocycles. The standard InChI is InChI=1S/C13H17ClN2O5S/c1-9(13(18)19)7-15-12(17)8-16(2)22(20,21)11-5-3-10(14)4-6-11/h3-6,9H,7-8H2,1-2H3,(H,15,17)(H,18,19). The quantitative estimate of drug-likeness (QED) is 0.758. The van der Waals surface area contributed by atoms with Crippen molar-refractivity contribution in [1.29, 1.82) is 0 Å². The molecule has 0 saturated heterocycles. The first-order valence-electron chi connectivity index (χ1n) is 6.36.